The van der Waals surface area contributed by atoms with Crippen LogP contribution in [0.15, 0.2) is 0 Å². The molecule has 1 rings (SSSR count). The van der Waals surface area contributed by atoms with Gasteiger partial charge in [0.05, 0.1) is 6.10 Å². The molecule has 0 spiro atoms. The van der Waals surface area contributed by atoms with Crippen LogP contribution < -0.4 is 10.1 Å². The Labute approximate surface area is 126 Å². The molecular formula is C14H25ClN4O. The second-order valence-corrected chi connectivity index (χ2v) is 6.25. The molecule has 1 aromatic heterocycles. The van der Waals surface area contributed by atoms with Crippen molar-refractivity contribution in [3.8, 4) is 6.01 Å². The number of nitrogens with one attached hydrogen (secondary N) is 1. The molecule has 1 aromatic rings. The van der Waals surface area contributed by atoms with E-state index in [1.54, 1.807) is 0 Å². The molecule has 114 valence electrons. The van der Waals surface area contributed by atoms with Gasteiger partial charge in [-0.25, -0.2) is 0 Å². The van der Waals surface area contributed by atoms with E-state index in [4.69, 9.17) is 16.3 Å². The van der Waals surface area contributed by atoms with Crippen LogP contribution in [0.4, 0.5) is 5.95 Å². The Kier molecular flexibility index (Phi) is 6.46. The van der Waals surface area contributed by atoms with Crippen molar-refractivity contribution < 1.29 is 4.74 Å². The molecule has 0 aliphatic carbocycles. The van der Waals surface area contributed by atoms with Gasteiger partial charge in [0, 0.05) is 6.54 Å². The molecule has 0 saturated carbocycles. The zero-order chi connectivity index (χ0) is 15.3. The third-order valence-electron chi connectivity index (χ3n) is 3.14. The Morgan fingerprint density at radius 1 is 1.00 bits per heavy atom. The molecule has 1 heterocycles. The first-order chi connectivity index (χ1) is 9.29. The lowest BCUT2D eigenvalue weighted by Crippen LogP contribution is -2.25. The van der Waals surface area contributed by atoms with E-state index in [1.807, 2.05) is 13.8 Å². The summed E-state index contributed by atoms with van der Waals surface area (Å²) in [5.74, 6) is 2.18. The molecule has 0 amide bonds. The minimum atomic E-state index is 0.000364. The van der Waals surface area contributed by atoms with Crippen molar-refractivity contribution in [2.75, 3.05) is 11.9 Å². The molecule has 0 aliphatic heterocycles. The Morgan fingerprint density at radius 2 is 1.60 bits per heavy atom. The van der Waals surface area contributed by atoms with E-state index in [2.05, 4.69) is 48.0 Å². The van der Waals surface area contributed by atoms with Crippen molar-refractivity contribution in [3.05, 3.63) is 5.28 Å². The van der Waals surface area contributed by atoms with E-state index in [0.717, 1.165) is 6.54 Å². The van der Waals surface area contributed by atoms with Crippen LogP contribution in [0.2, 0.25) is 5.28 Å². The molecule has 5 nitrogen and oxygen atoms in total. The van der Waals surface area contributed by atoms with Crippen LogP contribution in [0.1, 0.15) is 41.5 Å². The summed E-state index contributed by atoms with van der Waals surface area (Å²) in [6, 6.07) is 0.258. The van der Waals surface area contributed by atoms with E-state index < -0.39 is 0 Å². The summed E-state index contributed by atoms with van der Waals surface area (Å²) in [7, 11) is 0. The lowest BCUT2D eigenvalue weighted by molar-refractivity contribution is 0.221. The van der Waals surface area contributed by atoms with E-state index in [9.17, 15) is 0 Å². The van der Waals surface area contributed by atoms with E-state index in [-0.39, 0.29) is 17.4 Å². The average Bonchev–Trinajstić information content (AvgIpc) is 2.26. The Bertz CT molecular complexity index is 416. The summed E-state index contributed by atoms with van der Waals surface area (Å²) in [5, 5.41) is 3.38. The lowest BCUT2D eigenvalue weighted by Gasteiger charge is -2.25. The second kappa shape index (κ2) is 7.62. The quantitative estimate of drug-likeness (QED) is 0.833. The number of aromatic nitrogens is 3. The fraction of sp³-hybridized carbons (Fsp3) is 0.786. The predicted molar refractivity (Wildman–Crippen MR) is 82.3 cm³/mol. The fourth-order valence-corrected chi connectivity index (χ4v) is 2.28. The van der Waals surface area contributed by atoms with Crippen molar-refractivity contribution in [3.63, 3.8) is 0 Å². The highest BCUT2D eigenvalue weighted by molar-refractivity contribution is 6.28. The zero-order valence-corrected chi connectivity index (χ0v) is 13.9. The number of hydrogen-bond donors (Lipinski definition) is 1. The molecule has 0 radical (unpaired) electrons. The van der Waals surface area contributed by atoms with Gasteiger partial charge in [0.15, 0.2) is 0 Å². The molecule has 6 heteroatoms. The van der Waals surface area contributed by atoms with Crippen molar-refractivity contribution in [1.82, 2.24) is 15.0 Å². The summed E-state index contributed by atoms with van der Waals surface area (Å²) in [4.78, 5) is 12.3. The summed E-state index contributed by atoms with van der Waals surface area (Å²) in [5.41, 5.74) is 0. The minimum absolute atomic E-state index is 0.000364. The van der Waals surface area contributed by atoms with Crippen LogP contribution in [0.25, 0.3) is 0 Å². The predicted octanol–water partition coefficient (Wildman–Crippen LogP) is 3.65. The Hall–Kier alpha value is -1.10. The monoisotopic (exact) mass is 300 g/mol. The largest absolute Gasteiger partial charge is 0.461 e. The van der Waals surface area contributed by atoms with Gasteiger partial charge < -0.3 is 10.1 Å². The number of ether oxygens (including phenoxy) is 1. The number of hydrogen-bond acceptors (Lipinski definition) is 5. The van der Waals surface area contributed by atoms with Crippen LogP contribution in [0, 0.1) is 17.8 Å². The van der Waals surface area contributed by atoms with Gasteiger partial charge in [-0.2, -0.15) is 15.0 Å². The molecule has 0 fully saturated rings. The maximum atomic E-state index is 5.89. The Morgan fingerprint density at radius 3 is 2.10 bits per heavy atom. The van der Waals surface area contributed by atoms with E-state index >= 15 is 0 Å². The molecule has 0 aliphatic rings. The summed E-state index contributed by atoms with van der Waals surface area (Å²) >= 11 is 5.89. The fourth-order valence-electron chi connectivity index (χ4n) is 2.12. The molecule has 0 saturated heterocycles. The summed E-state index contributed by atoms with van der Waals surface area (Å²) in [6.07, 6.45) is 0.000364. The normalized spacial score (nSPS) is 11.8. The second-order valence-electron chi connectivity index (χ2n) is 5.91. The first-order valence-electron chi connectivity index (χ1n) is 7.11. The highest BCUT2D eigenvalue weighted by Gasteiger charge is 2.18. The third-order valence-corrected chi connectivity index (χ3v) is 3.31. The molecule has 0 aromatic carbocycles. The topological polar surface area (TPSA) is 59.9 Å². The van der Waals surface area contributed by atoms with Crippen molar-refractivity contribution in [2.24, 2.45) is 17.8 Å². The number of rotatable bonds is 7. The maximum Gasteiger partial charge on any atom is 0.322 e. The minimum Gasteiger partial charge on any atom is -0.461 e. The van der Waals surface area contributed by atoms with Crippen molar-refractivity contribution in [1.29, 1.82) is 0 Å². The zero-order valence-electron chi connectivity index (χ0n) is 13.1. The van der Waals surface area contributed by atoms with E-state index in [0.29, 0.717) is 23.7 Å². The molecule has 1 N–H and O–H groups in total. The number of nitrogens with zero attached hydrogens (tertiary/aromatic N) is 3. The number of anilines is 1. The number of halogens is 1. The van der Waals surface area contributed by atoms with Gasteiger partial charge in [0.2, 0.25) is 11.2 Å². The van der Waals surface area contributed by atoms with Gasteiger partial charge in [-0.3, -0.25) is 0 Å². The van der Waals surface area contributed by atoms with Gasteiger partial charge in [-0.1, -0.05) is 27.7 Å². The molecule has 0 unspecified atom stereocenters. The Balaban J connectivity index is 2.74. The van der Waals surface area contributed by atoms with Crippen LogP contribution >= 0.6 is 11.6 Å². The van der Waals surface area contributed by atoms with Gasteiger partial charge >= 0.3 is 6.01 Å². The van der Waals surface area contributed by atoms with Crippen molar-refractivity contribution >= 4 is 17.5 Å². The molecule has 20 heavy (non-hydrogen) atoms. The molecule has 0 bridgehead atoms. The SMILES string of the molecule is CC(C)Oc1nc(Cl)nc(NCC(C(C)C)C(C)C)n1. The van der Waals surface area contributed by atoms with Crippen LogP contribution in [-0.2, 0) is 0 Å². The highest BCUT2D eigenvalue weighted by atomic mass is 35.5. The van der Waals surface area contributed by atoms with Gasteiger partial charge in [0.25, 0.3) is 0 Å². The summed E-state index contributed by atoms with van der Waals surface area (Å²) in [6.45, 7) is 13.5. The first kappa shape index (κ1) is 17.0. The van der Waals surface area contributed by atoms with Crippen LogP contribution in [0.3, 0.4) is 0 Å². The maximum absolute atomic E-state index is 5.89. The molecule has 0 atom stereocenters. The van der Waals surface area contributed by atoms with Crippen LogP contribution in [-0.4, -0.2) is 27.6 Å². The highest BCUT2D eigenvalue weighted by Crippen LogP contribution is 2.21. The first-order valence-corrected chi connectivity index (χ1v) is 7.49. The lowest BCUT2D eigenvalue weighted by atomic mass is 9.85. The van der Waals surface area contributed by atoms with Gasteiger partial charge in [0.1, 0.15) is 0 Å². The smallest absolute Gasteiger partial charge is 0.322 e. The standard InChI is InChI=1S/C14H25ClN4O/c1-8(2)11(9(3)4)7-16-13-17-12(15)18-14(19-13)20-10(5)6/h8-11H,7H2,1-6H3,(H,16,17,18,19). The third kappa shape index (κ3) is 5.49. The van der Waals surface area contributed by atoms with Crippen LogP contribution in [0.5, 0.6) is 6.01 Å². The average molecular weight is 301 g/mol. The summed E-state index contributed by atoms with van der Waals surface area (Å²) < 4.78 is 5.45. The molecular weight excluding hydrogens is 276 g/mol. The van der Waals surface area contributed by atoms with E-state index in [1.165, 1.54) is 0 Å². The van der Waals surface area contributed by atoms with Gasteiger partial charge in [-0.05, 0) is 43.2 Å². The van der Waals surface area contributed by atoms with Gasteiger partial charge in [-0.15, -0.1) is 0 Å². The van der Waals surface area contributed by atoms with Crippen molar-refractivity contribution in [2.45, 2.75) is 47.6 Å².